The molecule has 24 heavy (non-hydrogen) atoms. The molecule has 1 N–H and O–H groups in total. The summed E-state index contributed by atoms with van der Waals surface area (Å²) >= 11 is 5.81. The van der Waals surface area contributed by atoms with Gasteiger partial charge in [0.25, 0.3) is 0 Å². The highest BCUT2D eigenvalue weighted by Gasteiger charge is 2.37. The number of nitrogens with zero attached hydrogens (tertiary/aromatic N) is 1. The van der Waals surface area contributed by atoms with Crippen molar-refractivity contribution in [1.82, 2.24) is 10.2 Å². The van der Waals surface area contributed by atoms with Crippen molar-refractivity contribution in [2.45, 2.75) is 37.9 Å². The summed E-state index contributed by atoms with van der Waals surface area (Å²) in [5, 5.41) is 2.79. The molecule has 0 spiro atoms. The van der Waals surface area contributed by atoms with Crippen LogP contribution in [0.25, 0.3) is 0 Å². The summed E-state index contributed by atoms with van der Waals surface area (Å²) in [6.07, 6.45) is -0.608. The van der Waals surface area contributed by atoms with E-state index in [4.69, 9.17) is 11.6 Å². The van der Waals surface area contributed by atoms with Crippen LogP contribution in [0.3, 0.4) is 0 Å². The molecule has 1 saturated carbocycles. The standard InChI is InChI=1S/C17H21ClF4N2/c18-14-10-12(17(20,21)22)9-13(15(14)19)16(11-3-1-2-4-11)24-7-5-23-6-8-24/h9-11,16,23H,1-8H2/t16-/m0/s1. The molecule has 0 aromatic heterocycles. The minimum atomic E-state index is -4.53. The van der Waals surface area contributed by atoms with Gasteiger partial charge >= 0.3 is 6.18 Å². The lowest BCUT2D eigenvalue weighted by molar-refractivity contribution is -0.137. The normalized spacial score (nSPS) is 22.0. The van der Waals surface area contributed by atoms with E-state index in [1.54, 1.807) is 0 Å². The highest BCUT2D eigenvalue weighted by atomic mass is 35.5. The van der Waals surface area contributed by atoms with Crippen molar-refractivity contribution in [1.29, 1.82) is 0 Å². The van der Waals surface area contributed by atoms with Gasteiger partial charge < -0.3 is 5.32 Å². The van der Waals surface area contributed by atoms with E-state index < -0.39 is 22.6 Å². The summed E-state index contributed by atoms with van der Waals surface area (Å²) in [5.41, 5.74) is -0.773. The fourth-order valence-electron chi connectivity index (χ4n) is 3.97. The van der Waals surface area contributed by atoms with Crippen LogP contribution in [0.5, 0.6) is 0 Å². The van der Waals surface area contributed by atoms with Crippen LogP contribution in [0.2, 0.25) is 5.02 Å². The number of hydrogen-bond donors (Lipinski definition) is 1. The Morgan fingerprint density at radius 3 is 2.33 bits per heavy atom. The SMILES string of the molecule is Fc1c(Cl)cc(C(F)(F)F)cc1[C@H](C1CCCC1)N1CCNCC1. The zero-order chi connectivity index (χ0) is 17.3. The molecule has 3 rings (SSSR count). The predicted molar refractivity (Wildman–Crippen MR) is 85.6 cm³/mol. The monoisotopic (exact) mass is 364 g/mol. The number of nitrogens with one attached hydrogen (secondary N) is 1. The van der Waals surface area contributed by atoms with Gasteiger partial charge in [-0.15, -0.1) is 0 Å². The highest BCUT2D eigenvalue weighted by Crippen LogP contribution is 2.43. The summed E-state index contributed by atoms with van der Waals surface area (Å²) in [5.74, 6) is -0.530. The molecule has 7 heteroatoms. The van der Waals surface area contributed by atoms with Crippen LogP contribution in [-0.2, 0) is 6.18 Å². The first-order chi connectivity index (χ1) is 11.4. The van der Waals surface area contributed by atoms with Crippen LogP contribution in [0.15, 0.2) is 12.1 Å². The molecule has 1 aliphatic heterocycles. The van der Waals surface area contributed by atoms with Gasteiger partial charge in [-0.3, -0.25) is 4.90 Å². The number of hydrogen-bond acceptors (Lipinski definition) is 2. The lowest BCUT2D eigenvalue weighted by Crippen LogP contribution is -2.47. The van der Waals surface area contributed by atoms with Gasteiger partial charge in [0, 0.05) is 37.8 Å². The van der Waals surface area contributed by atoms with Crippen LogP contribution < -0.4 is 5.32 Å². The minimum absolute atomic E-state index is 0.101. The largest absolute Gasteiger partial charge is 0.416 e. The smallest absolute Gasteiger partial charge is 0.314 e. The van der Waals surface area contributed by atoms with Crippen molar-refractivity contribution >= 4 is 11.6 Å². The minimum Gasteiger partial charge on any atom is -0.314 e. The Balaban J connectivity index is 2.04. The summed E-state index contributed by atoms with van der Waals surface area (Å²) < 4.78 is 54.2. The van der Waals surface area contributed by atoms with E-state index in [9.17, 15) is 17.6 Å². The molecule has 2 aliphatic rings. The second-order valence-electron chi connectivity index (χ2n) is 6.63. The maximum Gasteiger partial charge on any atom is 0.416 e. The Bertz CT molecular complexity index is 579. The molecular weight excluding hydrogens is 344 g/mol. The van der Waals surface area contributed by atoms with Crippen molar-refractivity contribution in [2.24, 2.45) is 5.92 Å². The van der Waals surface area contributed by atoms with Gasteiger partial charge in [0.15, 0.2) is 0 Å². The zero-order valence-electron chi connectivity index (χ0n) is 13.3. The topological polar surface area (TPSA) is 15.3 Å². The van der Waals surface area contributed by atoms with Gasteiger partial charge in [-0.2, -0.15) is 13.2 Å². The van der Waals surface area contributed by atoms with Gasteiger partial charge in [-0.25, -0.2) is 4.39 Å². The average molecular weight is 365 g/mol. The van der Waals surface area contributed by atoms with E-state index in [0.717, 1.165) is 44.8 Å². The maximum absolute atomic E-state index is 14.7. The lowest BCUT2D eigenvalue weighted by atomic mass is 9.88. The second-order valence-corrected chi connectivity index (χ2v) is 7.04. The predicted octanol–water partition coefficient (Wildman–Crippen LogP) is 4.63. The van der Waals surface area contributed by atoms with E-state index in [-0.39, 0.29) is 17.5 Å². The molecular formula is C17H21ClF4N2. The van der Waals surface area contributed by atoms with E-state index in [0.29, 0.717) is 19.2 Å². The van der Waals surface area contributed by atoms with Crippen molar-refractivity contribution < 1.29 is 17.6 Å². The molecule has 1 aromatic carbocycles. The van der Waals surface area contributed by atoms with E-state index in [1.165, 1.54) is 0 Å². The van der Waals surface area contributed by atoms with E-state index >= 15 is 0 Å². The molecule has 1 aromatic rings. The zero-order valence-corrected chi connectivity index (χ0v) is 14.1. The number of benzene rings is 1. The molecule has 0 radical (unpaired) electrons. The van der Waals surface area contributed by atoms with E-state index in [2.05, 4.69) is 10.2 Å². The van der Waals surface area contributed by atoms with Crippen LogP contribution in [-0.4, -0.2) is 31.1 Å². The lowest BCUT2D eigenvalue weighted by Gasteiger charge is -2.39. The first-order valence-corrected chi connectivity index (χ1v) is 8.76. The molecule has 1 saturated heterocycles. The van der Waals surface area contributed by atoms with Gasteiger partial charge in [-0.1, -0.05) is 24.4 Å². The first kappa shape index (κ1) is 18.0. The van der Waals surface area contributed by atoms with Crippen molar-refractivity contribution in [2.75, 3.05) is 26.2 Å². The van der Waals surface area contributed by atoms with Gasteiger partial charge in [-0.05, 0) is 30.9 Å². The third-order valence-corrected chi connectivity index (χ3v) is 5.37. The fourth-order valence-corrected chi connectivity index (χ4v) is 4.20. The van der Waals surface area contributed by atoms with Gasteiger partial charge in [0.1, 0.15) is 5.82 Å². The summed E-state index contributed by atoms with van der Waals surface area (Å²) in [4.78, 5) is 2.11. The molecule has 0 unspecified atom stereocenters. The van der Waals surface area contributed by atoms with Gasteiger partial charge in [0.05, 0.1) is 10.6 Å². The second kappa shape index (κ2) is 7.18. The molecule has 1 heterocycles. The number of alkyl halides is 3. The number of halogens is 5. The number of rotatable bonds is 3. The quantitative estimate of drug-likeness (QED) is 0.786. The summed E-state index contributed by atoms with van der Waals surface area (Å²) in [6.45, 7) is 2.93. The van der Waals surface area contributed by atoms with Crippen molar-refractivity contribution in [3.63, 3.8) is 0 Å². The Hall–Kier alpha value is -0.850. The summed E-state index contributed by atoms with van der Waals surface area (Å²) in [6, 6.07) is 1.31. The van der Waals surface area contributed by atoms with Gasteiger partial charge in [0.2, 0.25) is 0 Å². The Morgan fingerprint density at radius 1 is 1.12 bits per heavy atom. The Labute approximate surface area is 144 Å². The number of piperazine rings is 1. The molecule has 0 amide bonds. The summed E-state index contributed by atoms with van der Waals surface area (Å²) in [7, 11) is 0. The Morgan fingerprint density at radius 2 is 1.75 bits per heavy atom. The van der Waals surface area contributed by atoms with Crippen molar-refractivity contribution in [3.8, 4) is 0 Å². The van der Waals surface area contributed by atoms with Crippen LogP contribution in [0.4, 0.5) is 17.6 Å². The van der Waals surface area contributed by atoms with Crippen LogP contribution in [0, 0.1) is 11.7 Å². The highest BCUT2D eigenvalue weighted by molar-refractivity contribution is 6.30. The van der Waals surface area contributed by atoms with Crippen molar-refractivity contribution in [3.05, 3.63) is 34.1 Å². The first-order valence-electron chi connectivity index (χ1n) is 8.39. The average Bonchev–Trinajstić information content (AvgIpc) is 3.05. The third-order valence-electron chi connectivity index (χ3n) is 5.09. The van der Waals surface area contributed by atoms with Crippen LogP contribution >= 0.6 is 11.6 Å². The Kier molecular flexibility index (Phi) is 5.37. The van der Waals surface area contributed by atoms with Crippen LogP contribution in [0.1, 0.15) is 42.9 Å². The molecule has 1 atom stereocenters. The molecule has 134 valence electrons. The molecule has 2 fully saturated rings. The molecule has 1 aliphatic carbocycles. The maximum atomic E-state index is 14.7. The fraction of sp³-hybridized carbons (Fsp3) is 0.647. The van der Waals surface area contributed by atoms with E-state index in [1.807, 2.05) is 0 Å². The molecule has 0 bridgehead atoms. The third kappa shape index (κ3) is 3.70. The molecule has 2 nitrogen and oxygen atoms in total.